The van der Waals surface area contributed by atoms with E-state index >= 15 is 0 Å². The van der Waals surface area contributed by atoms with Gasteiger partial charge in [0.05, 0.1) is 12.3 Å². The van der Waals surface area contributed by atoms with Crippen molar-refractivity contribution >= 4 is 17.6 Å². The minimum absolute atomic E-state index is 0.0922. The monoisotopic (exact) mass is 373 g/mol. The number of aryl methyl sites for hydroxylation is 1. The molecule has 1 saturated carbocycles. The van der Waals surface area contributed by atoms with Crippen molar-refractivity contribution in [3.8, 4) is 11.6 Å². The smallest absolute Gasteiger partial charge is 0.325 e. The first-order chi connectivity index (χ1) is 12.9. The average molecular weight is 373 g/mol. The van der Waals surface area contributed by atoms with Crippen LogP contribution in [0.4, 0.5) is 14.9 Å². The lowest BCUT2D eigenvalue weighted by molar-refractivity contribution is -0.131. The summed E-state index contributed by atoms with van der Waals surface area (Å²) in [4.78, 5) is 27.8. The molecule has 1 aliphatic rings. The summed E-state index contributed by atoms with van der Waals surface area (Å²) in [6.07, 6.45) is 2.41. The van der Waals surface area contributed by atoms with Gasteiger partial charge in [-0.15, -0.1) is 0 Å². The lowest BCUT2D eigenvalue weighted by Crippen LogP contribution is -2.45. The van der Waals surface area contributed by atoms with Gasteiger partial charge in [0.15, 0.2) is 0 Å². The summed E-state index contributed by atoms with van der Waals surface area (Å²) in [6, 6.07) is 7.09. The Hall–Kier alpha value is -3.00. The minimum atomic E-state index is -0.589. The van der Waals surface area contributed by atoms with Crippen molar-refractivity contribution < 1.29 is 23.5 Å². The van der Waals surface area contributed by atoms with Crippen molar-refractivity contribution in [3.63, 3.8) is 0 Å². The molecule has 2 N–H and O–H groups in total. The molecule has 0 atom stereocenters. The number of hydrogen-bond donors (Lipinski definition) is 2. The minimum Gasteiger partial charge on any atom is -0.439 e. The highest BCUT2D eigenvalue weighted by molar-refractivity contribution is 6.02. The van der Waals surface area contributed by atoms with Gasteiger partial charge in [-0.05, 0) is 49.6 Å². The van der Waals surface area contributed by atoms with Gasteiger partial charge < -0.3 is 14.8 Å². The Morgan fingerprint density at radius 3 is 2.63 bits per heavy atom. The predicted octanol–water partition coefficient (Wildman–Crippen LogP) is 3.39. The van der Waals surface area contributed by atoms with Gasteiger partial charge >= 0.3 is 6.03 Å². The van der Waals surface area contributed by atoms with Crippen LogP contribution >= 0.6 is 0 Å². The van der Waals surface area contributed by atoms with E-state index in [2.05, 4.69) is 15.6 Å². The highest BCUT2D eigenvalue weighted by Gasteiger charge is 2.35. The van der Waals surface area contributed by atoms with Gasteiger partial charge in [-0.3, -0.25) is 10.1 Å². The third kappa shape index (κ3) is 4.79. The quantitative estimate of drug-likeness (QED) is 0.838. The van der Waals surface area contributed by atoms with Crippen LogP contribution in [-0.2, 0) is 9.53 Å². The van der Waals surface area contributed by atoms with Crippen LogP contribution in [0, 0.1) is 18.7 Å². The van der Waals surface area contributed by atoms with Crippen molar-refractivity contribution in [2.75, 3.05) is 12.4 Å². The second-order valence-corrected chi connectivity index (χ2v) is 6.37. The summed E-state index contributed by atoms with van der Waals surface area (Å²) in [5, 5.41) is 4.95. The molecule has 1 fully saturated rings. The number of hydrogen-bond acceptors (Lipinski definition) is 5. The van der Waals surface area contributed by atoms with Gasteiger partial charge in [-0.1, -0.05) is 0 Å². The maximum atomic E-state index is 12.9. The first-order valence-electron chi connectivity index (χ1n) is 8.49. The van der Waals surface area contributed by atoms with Crippen LogP contribution in [0.15, 0.2) is 36.5 Å². The zero-order valence-electron chi connectivity index (χ0n) is 15.0. The first kappa shape index (κ1) is 18.8. The van der Waals surface area contributed by atoms with E-state index in [1.807, 2.05) is 0 Å². The lowest BCUT2D eigenvalue weighted by Gasteiger charge is -2.32. The van der Waals surface area contributed by atoms with E-state index in [0.29, 0.717) is 24.3 Å². The van der Waals surface area contributed by atoms with Gasteiger partial charge in [-0.2, -0.15) is 0 Å². The summed E-state index contributed by atoms with van der Waals surface area (Å²) in [7, 11) is 1.60. The molecule has 3 amide bonds. The molecule has 27 heavy (non-hydrogen) atoms. The number of carbonyl (C=O) groups excluding carboxylic acids is 2. The van der Waals surface area contributed by atoms with Crippen LogP contribution < -0.4 is 15.4 Å². The summed E-state index contributed by atoms with van der Waals surface area (Å²) in [5.41, 5.74) is 1.26. The Morgan fingerprint density at radius 2 is 2.00 bits per heavy atom. The molecule has 1 aromatic carbocycles. The fourth-order valence-electron chi connectivity index (χ4n) is 2.73. The van der Waals surface area contributed by atoms with E-state index in [1.165, 1.54) is 12.1 Å². The number of carbonyl (C=O) groups is 2. The van der Waals surface area contributed by atoms with E-state index in [9.17, 15) is 14.0 Å². The Labute approximate surface area is 155 Å². The number of rotatable bonds is 5. The zero-order chi connectivity index (χ0) is 19.4. The fourth-order valence-corrected chi connectivity index (χ4v) is 2.73. The molecule has 1 aliphatic carbocycles. The van der Waals surface area contributed by atoms with Gasteiger partial charge in [0.1, 0.15) is 11.6 Å². The molecule has 7 nitrogen and oxygen atoms in total. The molecule has 8 heteroatoms. The Kier molecular flexibility index (Phi) is 5.66. The Balaban J connectivity index is 1.54. The average Bonchev–Trinajstić information content (AvgIpc) is 2.58. The van der Waals surface area contributed by atoms with Crippen LogP contribution in [0.3, 0.4) is 0 Å². The number of pyridine rings is 1. The number of halogens is 1. The van der Waals surface area contributed by atoms with E-state index in [-0.39, 0.29) is 23.8 Å². The summed E-state index contributed by atoms with van der Waals surface area (Å²) in [5.74, 6) is -0.158. The number of methoxy groups -OCH3 is 1. The number of urea groups is 1. The number of aromatic nitrogens is 1. The van der Waals surface area contributed by atoms with Crippen LogP contribution in [-0.4, -0.2) is 30.1 Å². The number of benzene rings is 1. The molecule has 2 aromatic rings. The van der Waals surface area contributed by atoms with Crippen molar-refractivity contribution in [2.45, 2.75) is 25.9 Å². The topological polar surface area (TPSA) is 89.5 Å². The van der Waals surface area contributed by atoms with Crippen molar-refractivity contribution in [1.29, 1.82) is 0 Å². The lowest BCUT2D eigenvalue weighted by atomic mass is 9.81. The number of amides is 3. The van der Waals surface area contributed by atoms with Gasteiger partial charge in [0, 0.05) is 24.8 Å². The molecule has 0 spiro atoms. The molecule has 0 aliphatic heterocycles. The summed E-state index contributed by atoms with van der Waals surface area (Å²) in [6.45, 7) is 1.80. The summed E-state index contributed by atoms with van der Waals surface area (Å²) >= 11 is 0. The van der Waals surface area contributed by atoms with Gasteiger partial charge in [0.2, 0.25) is 11.8 Å². The zero-order valence-corrected chi connectivity index (χ0v) is 15.0. The number of imide groups is 1. The molecule has 0 saturated heterocycles. The van der Waals surface area contributed by atoms with E-state index < -0.39 is 11.8 Å². The molecular formula is C19H20FN3O4. The maximum Gasteiger partial charge on any atom is 0.325 e. The first-order valence-corrected chi connectivity index (χ1v) is 8.49. The molecule has 0 unspecified atom stereocenters. The van der Waals surface area contributed by atoms with Crippen LogP contribution in [0.1, 0.15) is 18.4 Å². The largest absolute Gasteiger partial charge is 0.439 e. The predicted molar refractivity (Wildman–Crippen MR) is 96.1 cm³/mol. The Bertz CT molecular complexity index is 835. The van der Waals surface area contributed by atoms with Crippen LogP contribution in [0.25, 0.3) is 0 Å². The molecular weight excluding hydrogens is 353 g/mol. The summed E-state index contributed by atoms with van der Waals surface area (Å²) < 4.78 is 23.6. The van der Waals surface area contributed by atoms with E-state index in [4.69, 9.17) is 9.47 Å². The molecule has 0 bridgehead atoms. The van der Waals surface area contributed by atoms with Crippen LogP contribution in [0.2, 0.25) is 0 Å². The highest BCUT2D eigenvalue weighted by Crippen LogP contribution is 2.30. The molecule has 1 aromatic heterocycles. The maximum absolute atomic E-state index is 12.9. The normalized spacial score (nSPS) is 18.3. The van der Waals surface area contributed by atoms with Gasteiger partial charge in [-0.25, -0.2) is 14.2 Å². The molecule has 142 valence electrons. The van der Waals surface area contributed by atoms with Crippen molar-refractivity contribution in [2.24, 2.45) is 5.92 Å². The van der Waals surface area contributed by atoms with E-state index in [0.717, 1.165) is 11.8 Å². The second kappa shape index (κ2) is 8.13. The van der Waals surface area contributed by atoms with Crippen molar-refractivity contribution in [3.05, 3.63) is 47.9 Å². The number of nitrogens with one attached hydrogen (secondary N) is 2. The van der Waals surface area contributed by atoms with Crippen molar-refractivity contribution in [1.82, 2.24) is 10.3 Å². The van der Waals surface area contributed by atoms with Crippen LogP contribution in [0.5, 0.6) is 11.6 Å². The molecule has 1 heterocycles. The third-order valence-corrected chi connectivity index (χ3v) is 4.38. The third-order valence-electron chi connectivity index (χ3n) is 4.38. The number of nitrogens with zero attached hydrogens (tertiary/aromatic N) is 1. The fraction of sp³-hybridized carbons (Fsp3) is 0.316. The van der Waals surface area contributed by atoms with Gasteiger partial charge in [0.25, 0.3) is 0 Å². The molecule has 0 radical (unpaired) electrons. The molecule has 3 rings (SSSR count). The SMILES string of the molecule is COC1CC(C(=O)NC(=O)Nc2ccc(Oc3ccc(F)cn3)c(C)c2)C1. The second-order valence-electron chi connectivity index (χ2n) is 6.37. The number of ether oxygens (including phenoxy) is 2. The van der Waals surface area contributed by atoms with E-state index in [1.54, 1.807) is 32.2 Å². The standard InChI is InChI=1S/C19H20FN3O4/c1-11-7-14(4-5-16(11)27-17-6-3-13(20)10-21-17)22-19(25)23-18(24)12-8-15(9-12)26-2/h3-7,10,12,15H,8-9H2,1-2H3,(H2,22,23,24,25). The number of anilines is 1. The highest BCUT2D eigenvalue weighted by atomic mass is 19.1. The Morgan fingerprint density at radius 1 is 1.22 bits per heavy atom.